The number of amides is 1. The number of aromatic carboxylic acids is 1. The first-order valence-corrected chi connectivity index (χ1v) is 11.5. The molecule has 0 unspecified atom stereocenters. The van der Waals surface area contributed by atoms with Crippen molar-refractivity contribution in [2.45, 2.75) is 63.5 Å². The highest BCUT2D eigenvalue weighted by Gasteiger charge is 2.38. The molecule has 2 aliphatic rings. The summed E-state index contributed by atoms with van der Waals surface area (Å²) >= 11 is 0. The van der Waals surface area contributed by atoms with Gasteiger partial charge >= 0.3 is 13.1 Å². The predicted molar refractivity (Wildman–Crippen MR) is 123 cm³/mol. The van der Waals surface area contributed by atoms with Crippen LogP contribution in [0.15, 0.2) is 18.2 Å². The minimum Gasteiger partial charge on any atom is -0.534 e. The summed E-state index contributed by atoms with van der Waals surface area (Å²) in [4.78, 5) is 23.9. The lowest BCUT2D eigenvalue weighted by Gasteiger charge is -2.31. The maximum atomic E-state index is 12.6. The first kappa shape index (κ1) is 24.5. The van der Waals surface area contributed by atoms with Crippen molar-refractivity contribution >= 4 is 19.0 Å². The number of hydrogen-bond donors (Lipinski definition) is 6. The van der Waals surface area contributed by atoms with Gasteiger partial charge in [-0.05, 0) is 56.6 Å². The molecule has 9 nitrogen and oxygen atoms in total. The summed E-state index contributed by atoms with van der Waals surface area (Å²) in [5.41, 5.74) is 6.40. The molecule has 32 heavy (non-hydrogen) atoms. The summed E-state index contributed by atoms with van der Waals surface area (Å²) in [6, 6.07) is 5.49. The zero-order valence-corrected chi connectivity index (χ0v) is 18.7. The lowest BCUT2D eigenvalue weighted by Crippen LogP contribution is -2.53. The van der Waals surface area contributed by atoms with Crippen molar-refractivity contribution in [1.29, 1.82) is 0 Å². The SMILES string of the molecule is C[C@H](N)CNCCNC1CCC(CC(=O)N[C@H]2Cc3cccc(C(=O)O)c3OB2O)CC1. The maximum Gasteiger partial charge on any atom is 0.547 e. The highest BCUT2D eigenvalue weighted by Crippen LogP contribution is 2.31. The fourth-order valence-electron chi connectivity index (χ4n) is 4.51. The molecule has 1 aromatic rings. The Labute approximate surface area is 189 Å². The van der Waals surface area contributed by atoms with Gasteiger partial charge in [-0.3, -0.25) is 4.79 Å². The molecule has 0 radical (unpaired) electrons. The number of rotatable bonds is 10. The third-order valence-corrected chi connectivity index (χ3v) is 6.22. The summed E-state index contributed by atoms with van der Waals surface area (Å²) in [6.07, 6.45) is 4.84. The molecule has 2 atom stereocenters. The van der Waals surface area contributed by atoms with Crippen LogP contribution >= 0.6 is 0 Å². The number of carboxylic acids is 1. The number of carbonyl (C=O) groups excluding carboxylic acids is 1. The number of benzene rings is 1. The predicted octanol–water partition coefficient (Wildman–Crippen LogP) is 0.300. The first-order valence-electron chi connectivity index (χ1n) is 11.5. The molecule has 0 spiro atoms. The third-order valence-electron chi connectivity index (χ3n) is 6.22. The Morgan fingerprint density at radius 2 is 2.00 bits per heavy atom. The number of nitrogens with two attached hydrogens (primary N) is 1. The highest BCUT2D eigenvalue weighted by molar-refractivity contribution is 6.47. The molecule has 0 saturated heterocycles. The first-order chi connectivity index (χ1) is 15.3. The summed E-state index contributed by atoms with van der Waals surface area (Å²) < 4.78 is 5.45. The van der Waals surface area contributed by atoms with E-state index in [1.807, 2.05) is 6.92 Å². The van der Waals surface area contributed by atoms with Crippen molar-refractivity contribution in [1.82, 2.24) is 16.0 Å². The van der Waals surface area contributed by atoms with Gasteiger partial charge in [-0.2, -0.15) is 0 Å². The van der Waals surface area contributed by atoms with E-state index in [0.717, 1.165) is 45.3 Å². The van der Waals surface area contributed by atoms with Crippen LogP contribution in [0.2, 0.25) is 0 Å². The van der Waals surface area contributed by atoms with Gasteiger partial charge in [0.1, 0.15) is 5.75 Å². The van der Waals surface area contributed by atoms with Gasteiger partial charge < -0.3 is 36.5 Å². The van der Waals surface area contributed by atoms with E-state index in [0.29, 0.717) is 30.4 Å². The second kappa shape index (κ2) is 11.6. The highest BCUT2D eigenvalue weighted by atomic mass is 16.5. The Hall–Kier alpha value is -2.14. The normalized spacial score (nSPS) is 23.7. The molecule has 1 aliphatic heterocycles. The van der Waals surface area contributed by atoms with E-state index >= 15 is 0 Å². The van der Waals surface area contributed by atoms with E-state index in [-0.39, 0.29) is 23.3 Å². The van der Waals surface area contributed by atoms with Crippen LogP contribution in [-0.4, -0.2) is 66.8 Å². The van der Waals surface area contributed by atoms with E-state index in [1.54, 1.807) is 12.1 Å². The molecule has 0 bridgehead atoms. The molecule has 1 fully saturated rings. The van der Waals surface area contributed by atoms with Crippen LogP contribution in [0.3, 0.4) is 0 Å². The van der Waals surface area contributed by atoms with Crippen LogP contribution in [-0.2, 0) is 11.2 Å². The Kier molecular flexibility index (Phi) is 8.92. The molecule has 1 amide bonds. The molecule has 10 heteroatoms. The third kappa shape index (κ3) is 6.93. The molecular weight excluding hydrogens is 411 g/mol. The van der Waals surface area contributed by atoms with Crippen LogP contribution in [0, 0.1) is 5.92 Å². The monoisotopic (exact) mass is 446 g/mol. The largest absolute Gasteiger partial charge is 0.547 e. The molecule has 3 rings (SSSR count). The Morgan fingerprint density at radius 3 is 2.69 bits per heavy atom. The number of nitrogens with one attached hydrogen (secondary N) is 3. The fraction of sp³-hybridized carbons (Fsp3) is 0.636. The number of fused-ring (bicyclic) bond motifs is 1. The fourth-order valence-corrected chi connectivity index (χ4v) is 4.51. The second-order valence-electron chi connectivity index (χ2n) is 9.04. The van der Waals surface area contributed by atoms with Gasteiger partial charge in [0, 0.05) is 38.1 Å². The summed E-state index contributed by atoms with van der Waals surface area (Å²) in [6.45, 7) is 4.60. The lowest BCUT2D eigenvalue weighted by molar-refractivity contribution is -0.122. The smallest absolute Gasteiger partial charge is 0.534 e. The molecule has 1 aliphatic carbocycles. The zero-order chi connectivity index (χ0) is 23.1. The van der Waals surface area contributed by atoms with Crippen LogP contribution in [0.4, 0.5) is 0 Å². The second-order valence-corrected chi connectivity index (χ2v) is 9.04. The van der Waals surface area contributed by atoms with Gasteiger partial charge in [-0.25, -0.2) is 4.79 Å². The van der Waals surface area contributed by atoms with Gasteiger partial charge in [0.15, 0.2) is 0 Å². The average Bonchev–Trinajstić information content (AvgIpc) is 2.74. The van der Waals surface area contributed by atoms with Crippen molar-refractivity contribution in [3.63, 3.8) is 0 Å². The standard InChI is InChI=1S/C22H35BN4O5/c1-14(24)13-25-9-10-26-17-7-5-15(6-8-17)11-20(28)27-19-12-16-3-2-4-18(22(29)30)21(16)32-23(19)31/h2-4,14-15,17,19,25-26,31H,5-13,24H2,1H3,(H,27,28)(H,29,30)/t14-,15?,17?,19-/m0/s1. The Bertz CT molecular complexity index is 786. The summed E-state index contributed by atoms with van der Waals surface area (Å²) in [5, 5.41) is 29.4. The molecule has 1 saturated carbocycles. The molecule has 176 valence electrons. The number of carbonyl (C=O) groups is 2. The lowest BCUT2D eigenvalue weighted by atomic mass is 9.72. The van der Waals surface area contributed by atoms with Crippen molar-refractivity contribution in [2.75, 3.05) is 19.6 Å². The van der Waals surface area contributed by atoms with Crippen molar-refractivity contribution < 1.29 is 24.4 Å². The molecule has 1 heterocycles. The van der Waals surface area contributed by atoms with E-state index in [4.69, 9.17) is 10.4 Å². The van der Waals surface area contributed by atoms with Crippen molar-refractivity contribution in [3.05, 3.63) is 29.3 Å². The van der Waals surface area contributed by atoms with Gasteiger partial charge in [-0.15, -0.1) is 0 Å². The van der Waals surface area contributed by atoms with Gasteiger partial charge in [0.05, 0.1) is 11.5 Å². The van der Waals surface area contributed by atoms with Gasteiger partial charge in [-0.1, -0.05) is 12.1 Å². The summed E-state index contributed by atoms with van der Waals surface area (Å²) in [5.74, 6) is -1.30. The minimum atomic E-state index is -1.28. The number of carboxylic acid groups (broad SMARTS) is 1. The number of para-hydroxylation sites is 1. The van der Waals surface area contributed by atoms with Crippen LogP contribution in [0.1, 0.15) is 54.9 Å². The molecule has 0 aromatic heterocycles. The van der Waals surface area contributed by atoms with Crippen LogP contribution in [0.25, 0.3) is 0 Å². The molecular formula is C22H35BN4O5. The summed E-state index contributed by atoms with van der Waals surface area (Å²) in [7, 11) is -1.28. The number of hydrogen-bond acceptors (Lipinski definition) is 7. The van der Waals surface area contributed by atoms with E-state index in [2.05, 4.69) is 16.0 Å². The maximum absolute atomic E-state index is 12.6. The zero-order valence-electron chi connectivity index (χ0n) is 18.7. The van der Waals surface area contributed by atoms with E-state index in [9.17, 15) is 19.7 Å². The van der Waals surface area contributed by atoms with E-state index in [1.165, 1.54) is 6.07 Å². The van der Waals surface area contributed by atoms with Crippen LogP contribution in [0.5, 0.6) is 5.75 Å². The Balaban J connectivity index is 1.39. The molecule has 1 aromatic carbocycles. The van der Waals surface area contributed by atoms with Crippen molar-refractivity contribution in [3.8, 4) is 5.75 Å². The quantitative estimate of drug-likeness (QED) is 0.222. The molecule has 7 N–H and O–H groups in total. The van der Waals surface area contributed by atoms with Crippen molar-refractivity contribution in [2.24, 2.45) is 11.7 Å². The van der Waals surface area contributed by atoms with E-state index < -0.39 is 19.0 Å². The minimum absolute atomic E-state index is 0.0152. The topological polar surface area (TPSA) is 146 Å². The Morgan fingerprint density at radius 1 is 1.25 bits per heavy atom. The van der Waals surface area contributed by atoms with Gasteiger partial charge in [0.25, 0.3) is 0 Å². The average molecular weight is 446 g/mol. The van der Waals surface area contributed by atoms with Gasteiger partial charge in [0.2, 0.25) is 5.91 Å². The van der Waals surface area contributed by atoms with Crippen LogP contribution < -0.4 is 26.3 Å².